The summed E-state index contributed by atoms with van der Waals surface area (Å²) in [4.78, 5) is 52.1. The molecule has 0 aliphatic carbocycles. The number of amides is 3. The smallest absolute Gasteiger partial charge is 0.270 e. The van der Waals surface area contributed by atoms with Gasteiger partial charge in [0.2, 0.25) is 0 Å². The molecule has 0 atom stereocenters. The maximum Gasteiger partial charge on any atom is 0.270 e. The molecule has 3 amide bonds. The normalized spacial score (nSPS) is 14.5. The summed E-state index contributed by atoms with van der Waals surface area (Å²) < 4.78 is 0. The number of anilines is 2. The Labute approximate surface area is 182 Å². The van der Waals surface area contributed by atoms with Crippen molar-refractivity contribution in [2.75, 3.05) is 11.4 Å². The molecular weight excluding hydrogens is 410 g/mol. The molecule has 0 saturated carbocycles. The van der Waals surface area contributed by atoms with Crippen molar-refractivity contribution in [2.24, 2.45) is 0 Å². The second-order valence-electron chi connectivity index (χ2n) is 7.67. The van der Waals surface area contributed by atoms with Gasteiger partial charge in [-0.2, -0.15) is 0 Å². The number of fused-ring (bicyclic) bond motifs is 3. The van der Waals surface area contributed by atoms with Crippen LogP contribution < -0.4 is 4.90 Å². The molecule has 32 heavy (non-hydrogen) atoms. The molecule has 3 aromatic rings. The van der Waals surface area contributed by atoms with Crippen LogP contribution in [0.2, 0.25) is 0 Å². The third-order valence-electron chi connectivity index (χ3n) is 5.84. The van der Waals surface area contributed by atoms with Crippen LogP contribution in [0.1, 0.15) is 31.8 Å². The molecule has 2 aliphatic heterocycles. The van der Waals surface area contributed by atoms with Gasteiger partial charge in [-0.1, -0.05) is 36.4 Å². The summed E-state index contributed by atoms with van der Waals surface area (Å²) in [6.07, 6.45) is 1.52. The summed E-state index contributed by atoms with van der Waals surface area (Å²) in [5, 5.41) is 11.1. The third-order valence-corrected chi connectivity index (χ3v) is 5.84. The number of non-ortho nitro benzene ring substituents is 1. The van der Waals surface area contributed by atoms with Gasteiger partial charge in [-0.3, -0.25) is 34.3 Å². The summed E-state index contributed by atoms with van der Waals surface area (Å²) in [5.74, 6) is -1.78. The molecule has 2 heterocycles. The van der Waals surface area contributed by atoms with Gasteiger partial charge in [0.15, 0.2) is 0 Å². The minimum Gasteiger partial charge on any atom is -0.279 e. The van der Waals surface area contributed by atoms with Crippen LogP contribution >= 0.6 is 0 Å². The van der Waals surface area contributed by atoms with Gasteiger partial charge in [0, 0.05) is 12.1 Å². The Hall–Kier alpha value is -4.33. The number of rotatable bonds is 3. The van der Waals surface area contributed by atoms with E-state index >= 15 is 0 Å². The lowest BCUT2D eigenvalue weighted by Gasteiger charge is -2.26. The fourth-order valence-corrected chi connectivity index (χ4v) is 4.29. The standard InChI is InChI=1S/C24H17N3O5/c28-22(14-25-23(29)18-12-11-17(27(31)32)13-19(18)24(25)30)26-20-7-3-1-5-15(20)9-10-16-6-2-4-8-21(16)26/h1-8,11-13H,9-10,14H2. The second-order valence-corrected chi connectivity index (χ2v) is 7.67. The predicted molar refractivity (Wildman–Crippen MR) is 116 cm³/mol. The molecule has 0 N–H and O–H groups in total. The molecule has 3 aromatic carbocycles. The highest BCUT2D eigenvalue weighted by atomic mass is 16.6. The number of aryl methyl sites for hydroxylation is 2. The summed E-state index contributed by atoms with van der Waals surface area (Å²) >= 11 is 0. The number of hydrogen-bond donors (Lipinski definition) is 0. The quantitative estimate of drug-likeness (QED) is 0.361. The molecule has 0 unspecified atom stereocenters. The van der Waals surface area contributed by atoms with Crippen molar-refractivity contribution in [1.29, 1.82) is 0 Å². The molecule has 8 heteroatoms. The Balaban J connectivity index is 1.51. The molecule has 0 saturated heterocycles. The van der Waals surface area contributed by atoms with Crippen LogP contribution in [-0.4, -0.2) is 34.1 Å². The van der Waals surface area contributed by atoms with Crippen molar-refractivity contribution in [3.8, 4) is 0 Å². The van der Waals surface area contributed by atoms with Gasteiger partial charge in [-0.05, 0) is 42.2 Å². The van der Waals surface area contributed by atoms with E-state index in [0.29, 0.717) is 0 Å². The van der Waals surface area contributed by atoms with Gasteiger partial charge in [0.05, 0.1) is 27.4 Å². The van der Waals surface area contributed by atoms with Crippen LogP contribution in [0.5, 0.6) is 0 Å². The Morgan fingerprint density at radius 3 is 2.00 bits per heavy atom. The maximum absolute atomic E-state index is 13.5. The van der Waals surface area contributed by atoms with E-state index in [1.165, 1.54) is 12.1 Å². The van der Waals surface area contributed by atoms with Gasteiger partial charge in [-0.15, -0.1) is 0 Å². The van der Waals surface area contributed by atoms with Gasteiger partial charge >= 0.3 is 0 Å². The monoisotopic (exact) mass is 427 g/mol. The number of carbonyl (C=O) groups excluding carboxylic acids is 3. The number of para-hydroxylation sites is 2. The van der Waals surface area contributed by atoms with Crippen LogP contribution in [0.25, 0.3) is 0 Å². The number of benzene rings is 3. The number of imide groups is 1. The average Bonchev–Trinajstić information content (AvgIpc) is 2.94. The summed E-state index contributed by atoms with van der Waals surface area (Å²) in [6.45, 7) is -0.469. The largest absolute Gasteiger partial charge is 0.279 e. The van der Waals surface area contributed by atoms with E-state index in [1.807, 2.05) is 48.5 Å². The minimum absolute atomic E-state index is 0.0602. The fraction of sp³-hybridized carbons (Fsp3) is 0.125. The highest BCUT2D eigenvalue weighted by Crippen LogP contribution is 2.36. The second kappa shape index (κ2) is 7.42. The van der Waals surface area contributed by atoms with Crippen molar-refractivity contribution in [3.05, 3.63) is 99.1 Å². The first-order chi connectivity index (χ1) is 15.5. The number of nitrogens with zero attached hydrogens (tertiary/aromatic N) is 3. The number of nitro groups is 1. The lowest BCUT2D eigenvalue weighted by atomic mass is 10.0. The third kappa shape index (κ3) is 3.04. The topological polar surface area (TPSA) is 101 Å². The van der Waals surface area contributed by atoms with Crippen molar-refractivity contribution in [3.63, 3.8) is 0 Å². The van der Waals surface area contributed by atoms with Crippen LogP contribution in [0.15, 0.2) is 66.7 Å². The van der Waals surface area contributed by atoms with Gasteiger partial charge in [0.1, 0.15) is 6.54 Å². The Bertz CT molecular complexity index is 1270. The van der Waals surface area contributed by atoms with Crippen molar-refractivity contribution >= 4 is 34.8 Å². The van der Waals surface area contributed by atoms with Crippen molar-refractivity contribution < 1.29 is 19.3 Å². The first-order valence-electron chi connectivity index (χ1n) is 10.1. The number of carbonyl (C=O) groups is 3. The molecule has 2 aliphatic rings. The Morgan fingerprint density at radius 2 is 1.41 bits per heavy atom. The number of hydrogen-bond acceptors (Lipinski definition) is 5. The SMILES string of the molecule is O=C1c2ccc([N+](=O)[O-])cc2C(=O)N1CC(=O)N1c2ccccc2CCc2ccccc21. The van der Waals surface area contributed by atoms with E-state index in [4.69, 9.17) is 0 Å². The zero-order chi connectivity index (χ0) is 22.4. The first-order valence-corrected chi connectivity index (χ1v) is 10.1. The highest BCUT2D eigenvalue weighted by molar-refractivity contribution is 6.23. The Kier molecular flexibility index (Phi) is 4.55. The summed E-state index contributed by atoms with van der Waals surface area (Å²) in [6, 6.07) is 18.6. The molecular formula is C24H17N3O5. The van der Waals surface area contributed by atoms with Crippen LogP contribution in [-0.2, 0) is 17.6 Å². The van der Waals surface area contributed by atoms with E-state index in [-0.39, 0.29) is 16.8 Å². The van der Waals surface area contributed by atoms with Crippen molar-refractivity contribution in [1.82, 2.24) is 4.90 Å². The molecule has 158 valence electrons. The first kappa shape index (κ1) is 19.6. The van der Waals surface area contributed by atoms with E-state index < -0.39 is 29.2 Å². The van der Waals surface area contributed by atoms with E-state index in [9.17, 15) is 24.5 Å². The van der Waals surface area contributed by atoms with Gasteiger partial charge < -0.3 is 0 Å². The molecule has 0 aromatic heterocycles. The molecule has 8 nitrogen and oxygen atoms in total. The van der Waals surface area contributed by atoms with Crippen LogP contribution in [0.3, 0.4) is 0 Å². The maximum atomic E-state index is 13.5. The lowest BCUT2D eigenvalue weighted by molar-refractivity contribution is -0.384. The molecule has 0 fully saturated rings. The lowest BCUT2D eigenvalue weighted by Crippen LogP contribution is -2.41. The molecule has 0 spiro atoms. The molecule has 0 radical (unpaired) electrons. The van der Waals surface area contributed by atoms with E-state index in [2.05, 4.69) is 0 Å². The minimum atomic E-state index is -0.710. The fourth-order valence-electron chi connectivity index (χ4n) is 4.29. The number of nitro benzene ring substituents is 1. The highest BCUT2D eigenvalue weighted by Gasteiger charge is 2.39. The average molecular weight is 427 g/mol. The summed E-state index contributed by atoms with van der Waals surface area (Å²) in [7, 11) is 0. The zero-order valence-electron chi connectivity index (χ0n) is 16.9. The summed E-state index contributed by atoms with van der Waals surface area (Å²) in [5.41, 5.74) is 3.14. The predicted octanol–water partition coefficient (Wildman–Crippen LogP) is 3.65. The molecule has 5 rings (SSSR count). The van der Waals surface area contributed by atoms with Crippen molar-refractivity contribution in [2.45, 2.75) is 12.8 Å². The van der Waals surface area contributed by atoms with E-state index in [0.717, 1.165) is 46.3 Å². The zero-order valence-corrected chi connectivity index (χ0v) is 16.9. The van der Waals surface area contributed by atoms with Crippen LogP contribution in [0, 0.1) is 10.1 Å². The van der Waals surface area contributed by atoms with Gasteiger partial charge in [0.25, 0.3) is 23.4 Å². The van der Waals surface area contributed by atoms with E-state index in [1.54, 1.807) is 4.90 Å². The van der Waals surface area contributed by atoms with Gasteiger partial charge in [-0.25, -0.2) is 0 Å². The Morgan fingerprint density at radius 1 is 0.844 bits per heavy atom. The van der Waals surface area contributed by atoms with Crippen LogP contribution in [0.4, 0.5) is 17.1 Å². The molecule has 0 bridgehead atoms.